The Morgan fingerprint density at radius 1 is 0.520 bits per heavy atom. The van der Waals surface area contributed by atoms with Crippen molar-refractivity contribution in [2.75, 3.05) is 4.90 Å². The molecule has 238 valence electrons. The van der Waals surface area contributed by atoms with E-state index in [-0.39, 0.29) is 11.3 Å². The lowest BCUT2D eigenvalue weighted by molar-refractivity contribution is 0.714. The van der Waals surface area contributed by atoms with Crippen LogP contribution in [0.5, 0.6) is 0 Å². The molecule has 0 radical (unpaired) electrons. The molecule has 2 unspecified atom stereocenters. The molecule has 0 saturated heterocycles. The number of fused-ring (bicyclic) bond motifs is 4. The second-order valence-electron chi connectivity index (χ2n) is 13.5. The van der Waals surface area contributed by atoms with E-state index in [2.05, 4.69) is 212 Å². The summed E-state index contributed by atoms with van der Waals surface area (Å²) in [6.45, 7) is 2.39. The van der Waals surface area contributed by atoms with Gasteiger partial charge in [0.25, 0.3) is 0 Å². The number of nitrogens with zero attached hydrogens (tertiary/aromatic N) is 1. The molecule has 0 aromatic heterocycles. The molecule has 1 nitrogen and oxygen atoms in total. The summed E-state index contributed by atoms with van der Waals surface area (Å²) in [4.78, 5) is 2.46. The van der Waals surface area contributed by atoms with E-state index in [0.29, 0.717) is 0 Å². The average Bonchev–Trinajstić information content (AvgIpc) is 3.30. The standard InChI is InChI=1S/C49H37N/c1-49(41-18-9-4-10-19-41)45-21-12-11-20-44(45)48-46(49)22-13-23-47(48)50(42-30-26-37(27-31-42)35-14-5-2-6-15-35)43-32-28-38-24-25-39(34-40(38)29-33-43)36-16-7-3-8-17-36/h2-34,38H,1H3. The predicted octanol–water partition coefficient (Wildman–Crippen LogP) is 12.5. The highest BCUT2D eigenvalue weighted by atomic mass is 15.1. The first-order chi connectivity index (χ1) is 24.7. The van der Waals surface area contributed by atoms with Crippen LogP contribution in [0.3, 0.4) is 0 Å². The number of allylic oxidation sites excluding steroid dienone is 9. The molecule has 6 aromatic carbocycles. The number of hydrogen-bond donors (Lipinski definition) is 0. The van der Waals surface area contributed by atoms with Crippen LogP contribution in [0.2, 0.25) is 0 Å². The fourth-order valence-corrected chi connectivity index (χ4v) is 8.03. The van der Waals surface area contributed by atoms with Gasteiger partial charge < -0.3 is 4.90 Å². The maximum atomic E-state index is 2.46. The largest absolute Gasteiger partial charge is 0.310 e. The van der Waals surface area contributed by atoms with Crippen LogP contribution in [-0.4, -0.2) is 0 Å². The van der Waals surface area contributed by atoms with Crippen LogP contribution >= 0.6 is 0 Å². The average molecular weight is 640 g/mol. The third kappa shape index (κ3) is 5.02. The number of anilines is 2. The minimum absolute atomic E-state index is 0.210. The van der Waals surface area contributed by atoms with Crippen LogP contribution in [0.25, 0.3) is 27.8 Å². The zero-order chi connectivity index (χ0) is 33.5. The fourth-order valence-electron chi connectivity index (χ4n) is 8.03. The van der Waals surface area contributed by atoms with Crippen molar-refractivity contribution in [2.24, 2.45) is 5.92 Å². The molecule has 0 aliphatic heterocycles. The maximum absolute atomic E-state index is 2.46. The lowest BCUT2D eigenvalue weighted by Gasteiger charge is -2.31. The molecule has 0 saturated carbocycles. The summed E-state index contributed by atoms with van der Waals surface area (Å²) in [6, 6.07) is 57.1. The van der Waals surface area contributed by atoms with Crippen LogP contribution in [0.4, 0.5) is 11.4 Å². The highest BCUT2D eigenvalue weighted by Crippen LogP contribution is 2.56. The summed E-state index contributed by atoms with van der Waals surface area (Å²) >= 11 is 0. The lowest BCUT2D eigenvalue weighted by Crippen LogP contribution is -2.22. The van der Waals surface area contributed by atoms with E-state index in [1.165, 1.54) is 61.3 Å². The van der Waals surface area contributed by atoms with Gasteiger partial charge in [-0.3, -0.25) is 0 Å². The summed E-state index contributed by atoms with van der Waals surface area (Å²) in [7, 11) is 0. The molecule has 0 N–H and O–H groups in total. The summed E-state index contributed by atoms with van der Waals surface area (Å²) in [5, 5.41) is 0. The van der Waals surface area contributed by atoms with Crippen molar-refractivity contribution in [3.63, 3.8) is 0 Å². The quantitative estimate of drug-likeness (QED) is 0.175. The first-order valence-corrected chi connectivity index (χ1v) is 17.5. The van der Waals surface area contributed by atoms with Crippen molar-refractivity contribution in [2.45, 2.75) is 12.3 Å². The van der Waals surface area contributed by atoms with Gasteiger partial charge in [-0.1, -0.05) is 170 Å². The van der Waals surface area contributed by atoms with Crippen molar-refractivity contribution in [3.05, 3.63) is 234 Å². The van der Waals surface area contributed by atoms with Gasteiger partial charge in [-0.25, -0.2) is 0 Å². The van der Waals surface area contributed by atoms with E-state index < -0.39 is 0 Å². The Balaban J connectivity index is 1.23. The molecule has 6 aromatic rings. The molecule has 3 aliphatic carbocycles. The molecule has 0 heterocycles. The Morgan fingerprint density at radius 3 is 1.90 bits per heavy atom. The normalized spacial score (nSPS) is 18.6. The fraction of sp³-hybridized carbons (Fsp3) is 0.0612. The molecule has 50 heavy (non-hydrogen) atoms. The first kappa shape index (κ1) is 29.9. The van der Waals surface area contributed by atoms with Gasteiger partial charge in [0.15, 0.2) is 0 Å². The number of benzene rings is 6. The van der Waals surface area contributed by atoms with Gasteiger partial charge in [0.05, 0.1) is 5.69 Å². The zero-order valence-electron chi connectivity index (χ0n) is 28.1. The van der Waals surface area contributed by atoms with Gasteiger partial charge in [-0.15, -0.1) is 0 Å². The number of rotatable bonds is 6. The molecule has 3 aliphatic rings. The van der Waals surface area contributed by atoms with Gasteiger partial charge in [0.1, 0.15) is 0 Å². The topological polar surface area (TPSA) is 3.24 Å². The maximum Gasteiger partial charge on any atom is 0.0543 e. The van der Waals surface area contributed by atoms with Gasteiger partial charge in [0, 0.05) is 28.3 Å². The zero-order valence-corrected chi connectivity index (χ0v) is 28.1. The molecule has 2 atom stereocenters. The Bertz CT molecular complexity index is 2360. The summed E-state index contributed by atoms with van der Waals surface area (Å²) in [5.74, 6) is 0.210. The summed E-state index contributed by atoms with van der Waals surface area (Å²) < 4.78 is 0. The van der Waals surface area contributed by atoms with Crippen LogP contribution in [0.1, 0.15) is 29.2 Å². The van der Waals surface area contributed by atoms with E-state index in [4.69, 9.17) is 0 Å². The minimum atomic E-state index is -0.278. The molecule has 0 amide bonds. The van der Waals surface area contributed by atoms with Gasteiger partial charge in [0.2, 0.25) is 0 Å². The third-order valence-corrected chi connectivity index (χ3v) is 10.6. The second-order valence-corrected chi connectivity index (χ2v) is 13.5. The van der Waals surface area contributed by atoms with Crippen LogP contribution in [0, 0.1) is 5.92 Å². The molecular formula is C49H37N. The Kier molecular flexibility index (Phi) is 7.40. The monoisotopic (exact) mass is 639 g/mol. The molecule has 1 heteroatoms. The lowest BCUT2D eigenvalue weighted by atomic mass is 9.74. The highest BCUT2D eigenvalue weighted by Gasteiger charge is 2.42. The van der Waals surface area contributed by atoms with Crippen molar-refractivity contribution in [3.8, 4) is 22.3 Å². The second kappa shape index (κ2) is 12.4. The van der Waals surface area contributed by atoms with Gasteiger partial charge in [-0.2, -0.15) is 0 Å². The summed E-state index contributed by atoms with van der Waals surface area (Å²) in [5.41, 5.74) is 15.9. The predicted molar refractivity (Wildman–Crippen MR) is 210 cm³/mol. The molecule has 9 rings (SSSR count). The smallest absolute Gasteiger partial charge is 0.0543 e. The van der Waals surface area contributed by atoms with Crippen LogP contribution in [0.15, 0.2) is 212 Å². The SMILES string of the molecule is CC1(c2ccccc2)c2ccccc2-c2c(N(C3=CC=C4C=C(c5ccccc5)C=CC4C=C3)c3ccc(-c4ccccc4)cc3)cccc21. The Labute approximate surface area is 295 Å². The molecular weight excluding hydrogens is 603 g/mol. The number of hydrogen-bond acceptors (Lipinski definition) is 1. The van der Waals surface area contributed by atoms with E-state index in [9.17, 15) is 0 Å². The Morgan fingerprint density at radius 2 is 1.14 bits per heavy atom. The van der Waals surface area contributed by atoms with Crippen molar-refractivity contribution >= 4 is 16.9 Å². The van der Waals surface area contributed by atoms with E-state index in [1.807, 2.05) is 0 Å². The minimum Gasteiger partial charge on any atom is -0.310 e. The van der Waals surface area contributed by atoms with E-state index in [0.717, 1.165) is 11.4 Å². The molecule has 0 spiro atoms. The van der Waals surface area contributed by atoms with Crippen molar-refractivity contribution < 1.29 is 0 Å². The van der Waals surface area contributed by atoms with Gasteiger partial charge in [-0.05, 0) is 87.4 Å². The van der Waals surface area contributed by atoms with Crippen molar-refractivity contribution in [1.29, 1.82) is 0 Å². The van der Waals surface area contributed by atoms with E-state index in [1.54, 1.807) is 0 Å². The van der Waals surface area contributed by atoms with Crippen molar-refractivity contribution in [1.82, 2.24) is 0 Å². The van der Waals surface area contributed by atoms with E-state index >= 15 is 0 Å². The first-order valence-electron chi connectivity index (χ1n) is 17.5. The molecule has 0 bridgehead atoms. The van der Waals surface area contributed by atoms with Crippen LogP contribution in [-0.2, 0) is 5.41 Å². The Hall–Kier alpha value is -6.18. The highest BCUT2D eigenvalue weighted by molar-refractivity contribution is 5.95. The third-order valence-electron chi connectivity index (χ3n) is 10.6. The molecule has 0 fully saturated rings. The summed E-state index contributed by atoms with van der Waals surface area (Å²) in [6.07, 6.45) is 16.2. The van der Waals surface area contributed by atoms with Crippen LogP contribution < -0.4 is 4.90 Å². The van der Waals surface area contributed by atoms with Gasteiger partial charge >= 0.3 is 0 Å².